The fourth-order valence-corrected chi connectivity index (χ4v) is 4.18. The van der Waals surface area contributed by atoms with Crippen molar-refractivity contribution in [2.24, 2.45) is 5.41 Å². The van der Waals surface area contributed by atoms with Crippen molar-refractivity contribution >= 4 is 11.8 Å². The van der Waals surface area contributed by atoms with Gasteiger partial charge in [0.15, 0.2) is 0 Å². The quantitative estimate of drug-likeness (QED) is 0.778. The molecule has 3 heterocycles. The Bertz CT molecular complexity index is 454. The molecule has 0 saturated carbocycles. The summed E-state index contributed by atoms with van der Waals surface area (Å²) in [7, 11) is 1.89. The lowest BCUT2D eigenvalue weighted by molar-refractivity contribution is -0.144. The molecule has 6 heteroatoms. The van der Waals surface area contributed by atoms with Crippen LogP contribution in [0, 0.1) is 5.41 Å². The summed E-state index contributed by atoms with van der Waals surface area (Å²) >= 11 is 0. The van der Waals surface area contributed by atoms with Gasteiger partial charge in [0.1, 0.15) is 6.61 Å². The van der Waals surface area contributed by atoms with E-state index in [9.17, 15) is 9.59 Å². The summed E-state index contributed by atoms with van der Waals surface area (Å²) in [5.74, 6) is 0.332. The Labute approximate surface area is 144 Å². The van der Waals surface area contributed by atoms with E-state index in [0.29, 0.717) is 13.0 Å². The molecule has 0 bridgehead atoms. The Hall–Kier alpha value is -1.14. The molecule has 0 aromatic carbocycles. The van der Waals surface area contributed by atoms with Gasteiger partial charge in [-0.25, -0.2) is 0 Å². The maximum Gasteiger partial charge on any atom is 0.248 e. The van der Waals surface area contributed by atoms with Crippen molar-refractivity contribution in [3.63, 3.8) is 0 Å². The summed E-state index contributed by atoms with van der Waals surface area (Å²) in [5.41, 5.74) is 0.218. The minimum Gasteiger partial charge on any atom is -0.376 e. The van der Waals surface area contributed by atoms with E-state index in [-0.39, 0.29) is 29.9 Å². The van der Waals surface area contributed by atoms with E-state index in [1.54, 1.807) is 0 Å². The maximum absolute atomic E-state index is 12.3. The Balaban J connectivity index is 1.38. The number of ether oxygens (including phenoxy) is 2. The zero-order valence-corrected chi connectivity index (χ0v) is 14.8. The molecule has 0 N–H and O–H groups in total. The first kappa shape index (κ1) is 17.7. The van der Waals surface area contributed by atoms with E-state index in [2.05, 4.69) is 0 Å². The zero-order chi connectivity index (χ0) is 17.0. The fraction of sp³-hybridized carbons (Fsp3) is 0.889. The SMILES string of the molecule is CN1CC2(CCC1=O)CCN(C(=O)COC[C@@H]1CCCCO1)CC2. The summed E-state index contributed by atoms with van der Waals surface area (Å²) in [6.07, 6.45) is 7.10. The second kappa shape index (κ2) is 7.83. The highest BCUT2D eigenvalue weighted by molar-refractivity contribution is 5.78. The average molecular weight is 338 g/mol. The van der Waals surface area contributed by atoms with Crippen LogP contribution in [0.25, 0.3) is 0 Å². The van der Waals surface area contributed by atoms with E-state index < -0.39 is 0 Å². The molecular formula is C18H30N2O4. The van der Waals surface area contributed by atoms with Gasteiger partial charge in [-0.2, -0.15) is 0 Å². The molecule has 2 amide bonds. The lowest BCUT2D eigenvalue weighted by Crippen LogP contribution is -2.51. The van der Waals surface area contributed by atoms with Gasteiger partial charge < -0.3 is 19.3 Å². The summed E-state index contributed by atoms with van der Waals surface area (Å²) in [6.45, 7) is 3.90. The molecule has 3 fully saturated rings. The van der Waals surface area contributed by atoms with Crippen LogP contribution >= 0.6 is 0 Å². The van der Waals surface area contributed by atoms with Crippen LogP contribution in [0.5, 0.6) is 0 Å². The van der Waals surface area contributed by atoms with E-state index in [1.165, 1.54) is 6.42 Å². The van der Waals surface area contributed by atoms with Crippen LogP contribution in [0.4, 0.5) is 0 Å². The van der Waals surface area contributed by atoms with Gasteiger partial charge in [0, 0.05) is 39.7 Å². The van der Waals surface area contributed by atoms with Gasteiger partial charge in [-0.15, -0.1) is 0 Å². The highest BCUT2D eigenvalue weighted by atomic mass is 16.5. The van der Waals surface area contributed by atoms with Gasteiger partial charge in [-0.1, -0.05) is 0 Å². The first-order chi connectivity index (χ1) is 11.6. The lowest BCUT2D eigenvalue weighted by atomic mass is 9.72. The maximum atomic E-state index is 12.3. The number of carbonyl (C=O) groups excluding carboxylic acids is 2. The number of amides is 2. The Morgan fingerprint density at radius 1 is 1.29 bits per heavy atom. The standard InChI is InChI=1S/C18H30N2O4/c1-19-14-18(6-5-16(19)21)7-9-20(10-8-18)17(22)13-23-12-15-4-2-3-11-24-15/h15H,2-14H2,1H3/t15-/m0/s1. The number of carbonyl (C=O) groups is 2. The molecule has 0 aliphatic carbocycles. The molecule has 1 atom stereocenters. The van der Waals surface area contributed by atoms with Crippen molar-refractivity contribution in [2.75, 3.05) is 46.5 Å². The number of rotatable bonds is 4. The van der Waals surface area contributed by atoms with Gasteiger partial charge in [-0.3, -0.25) is 9.59 Å². The summed E-state index contributed by atoms with van der Waals surface area (Å²) in [6, 6.07) is 0. The molecule has 3 saturated heterocycles. The number of hydrogen-bond donors (Lipinski definition) is 0. The van der Waals surface area contributed by atoms with Crippen LogP contribution in [-0.4, -0.2) is 74.2 Å². The summed E-state index contributed by atoms with van der Waals surface area (Å²) < 4.78 is 11.2. The minimum atomic E-state index is 0.0842. The molecule has 0 aromatic rings. The van der Waals surface area contributed by atoms with Crippen molar-refractivity contribution in [1.82, 2.24) is 9.80 Å². The van der Waals surface area contributed by atoms with Crippen molar-refractivity contribution < 1.29 is 19.1 Å². The first-order valence-electron chi connectivity index (χ1n) is 9.29. The smallest absolute Gasteiger partial charge is 0.248 e. The molecule has 24 heavy (non-hydrogen) atoms. The average Bonchev–Trinajstić information content (AvgIpc) is 2.60. The summed E-state index contributed by atoms with van der Waals surface area (Å²) in [4.78, 5) is 27.8. The third-order valence-electron chi connectivity index (χ3n) is 5.85. The molecular weight excluding hydrogens is 308 g/mol. The van der Waals surface area contributed by atoms with E-state index >= 15 is 0 Å². The van der Waals surface area contributed by atoms with Crippen LogP contribution in [0.3, 0.4) is 0 Å². The minimum absolute atomic E-state index is 0.0842. The fourth-order valence-electron chi connectivity index (χ4n) is 4.18. The van der Waals surface area contributed by atoms with Crippen molar-refractivity contribution in [1.29, 1.82) is 0 Å². The van der Waals surface area contributed by atoms with Crippen LogP contribution in [0.1, 0.15) is 44.9 Å². The highest BCUT2D eigenvalue weighted by Gasteiger charge is 2.40. The predicted molar refractivity (Wildman–Crippen MR) is 89.5 cm³/mol. The highest BCUT2D eigenvalue weighted by Crippen LogP contribution is 2.39. The number of likely N-dealkylation sites (tertiary alicyclic amines) is 2. The van der Waals surface area contributed by atoms with Crippen LogP contribution < -0.4 is 0 Å². The second-order valence-corrected chi connectivity index (χ2v) is 7.63. The zero-order valence-electron chi connectivity index (χ0n) is 14.8. The molecule has 0 aromatic heterocycles. The van der Waals surface area contributed by atoms with Gasteiger partial charge in [-0.05, 0) is 43.9 Å². The Morgan fingerprint density at radius 3 is 2.75 bits per heavy atom. The molecule has 0 radical (unpaired) electrons. The first-order valence-corrected chi connectivity index (χ1v) is 9.29. The predicted octanol–water partition coefficient (Wildman–Crippen LogP) is 1.43. The van der Waals surface area contributed by atoms with Crippen LogP contribution in [-0.2, 0) is 19.1 Å². The topological polar surface area (TPSA) is 59.1 Å². The monoisotopic (exact) mass is 338 g/mol. The molecule has 136 valence electrons. The van der Waals surface area contributed by atoms with E-state index in [4.69, 9.17) is 9.47 Å². The molecule has 3 aliphatic rings. The number of piperidine rings is 2. The van der Waals surface area contributed by atoms with Crippen LogP contribution in [0.2, 0.25) is 0 Å². The molecule has 3 aliphatic heterocycles. The van der Waals surface area contributed by atoms with Crippen molar-refractivity contribution in [3.8, 4) is 0 Å². The molecule has 1 spiro atoms. The summed E-state index contributed by atoms with van der Waals surface area (Å²) in [5, 5.41) is 0. The third-order valence-corrected chi connectivity index (χ3v) is 5.85. The molecule has 6 nitrogen and oxygen atoms in total. The largest absolute Gasteiger partial charge is 0.376 e. The number of hydrogen-bond acceptors (Lipinski definition) is 4. The second-order valence-electron chi connectivity index (χ2n) is 7.63. The van der Waals surface area contributed by atoms with Gasteiger partial charge in [0.25, 0.3) is 0 Å². The van der Waals surface area contributed by atoms with Gasteiger partial charge >= 0.3 is 0 Å². The normalized spacial score (nSPS) is 27.5. The Morgan fingerprint density at radius 2 is 2.08 bits per heavy atom. The lowest BCUT2D eigenvalue weighted by Gasteiger charge is -2.46. The third kappa shape index (κ3) is 4.28. The van der Waals surface area contributed by atoms with E-state index in [1.807, 2.05) is 16.8 Å². The molecule has 0 unspecified atom stereocenters. The van der Waals surface area contributed by atoms with Crippen LogP contribution in [0.15, 0.2) is 0 Å². The molecule has 3 rings (SSSR count). The Kier molecular flexibility index (Phi) is 5.76. The van der Waals surface area contributed by atoms with Crippen molar-refractivity contribution in [2.45, 2.75) is 51.0 Å². The number of nitrogens with zero attached hydrogens (tertiary/aromatic N) is 2. The van der Waals surface area contributed by atoms with Crippen molar-refractivity contribution in [3.05, 3.63) is 0 Å². The van der Waals surface area contributed by atoms with E-state index in [0.717, 1.165) is 58.3 Å². The van der Waals surface area contributed by atoms with Gasteiger partial charge in [0.2, 0.25) is 11.8 Å². The van der Waals surface area contributed by atoms with Gasteiger partial charge in [0.05, 0.1) is 12.7 Å².